The second-order valence-corrected chi connectivity index (χ2v) is 8.63. The van der Waals surface area contributed by atoms with E-state index in [1.807, 2.05) is 6.92 Å². The summed E-state index contributed by atoms with van der Waals surface area (Å²) in [7, 11) is 0. The van der Waals surface area contributed by atoms with Crippen LogP contribution in [-0.4, -0.2) is 52.7 Å². The smallest absolute Gasteiger partial charge is 0.275 e. The lowest BCUT2D eigenvalue weighted by Crippen LogP contribution is -2.50. The highest BCUT2D eigenvalue weighted by atomic mass is 19.1. The van der Waals surface area contributed by atoms with Crippen LogP contribution >= 0.6 is 0 Å². The number of amides is 1. The predicted octanol–water partition coefficient (Wildman–Crippen LogP) is 2.75. The van der Waals surface area contributed by atoms with Gasteiger partial charge in [0.1, 0.15) is 17.3 Å². The molecule has 0 radical (unpaired) electrons. The summed E-state index contributed by atoms with van der Waals surface area (Å²) >= 11 is 0. The van der Waals surface area contributed by atoms with Crippen molar-refractivity contribution in [3.8, 4) is 0 Å². The number of nitrogens with two attached hydrogens (primary N) is 1. The molecule has 9 heteroatoms. The Balaban J connectivity index is 1.27. The van der Waals surface area contributed by atoms with Crippen molar-refractivity contribution in [3.05, 3.63) is 54.4 Å². The van der Waals surface area contributed by atoms with E-state index < -0.39 is 11.7 Å². The molecular weight excluding hydrogens is 411 g/mol. The van der Waals surface area contributed by atoms with E-state index in [0.29, 0.717) is 23.2 Å². The van der Waals surface area contributed by atoms with Gasteiger partial charge in [0.2, 0.25) is 0 Å². The minimum absolute atomic E-state index is 0.0327. The average Bonchev–Trinajstić information content (AvgIpc) is 3.08. The Bertz CT molecular complexity index is 1150. The first-order valence-electron chi connectivity index (χ1n) is 10.7. The number of fused-ring (bicyclic) bond motifs is 1. The molecule has 2 atom stereocenters. The van der Waals surface area contributed by atoms with Crippen LogP contribution in [0.5, 0.6) is 0 Å². The first-order chi connectivity index (χ1) is 15.4. The van der Waals surface area contributed by atoms with Crippen LogP contribution in [0.25, 0.3) is 10.9 Å². The van der Waals surface area contributed by atoms with Crippen LogP contribution in [0.3, 0.4) is 0 Å². The number of nitrogens with zero attached hydrogens (tertiary/aromatic N) is 4. The molecule has 0 saturated carbocycles. The Hall–Kier alpha value is -3.17. The van der Waals surface area contributed by atoms with Crippen molar-refractivity contribution in [1.29, 1.82) is 0 Å². The molecular formula is C23H25FN6O2. The quantitative estimate of drug-likeness (QED) is 0.650. The Morgan fingerprint density at radius 1 is 1.25 bits per heavy atom. The lowest BCUT2D eigenvalue weighted by Gasteiger charge is -2.41. The normalized spacial score (nSPS) is 22.4. The van der Waals surface area contributed by atoms with E-state index in [9.17, 15) is 9.18 Å². The molecule has 5 rings (SSSR count). The lowest BCUT2D eigenvalue weighted by molar-refractivity contribution is 0.0973. The van der Waals surface area contributed by atoms with E-state index in [0.717, 1.165) is 31.7 Å². The summed E-state index contributed by atoms with van der Waals surface area (Å²) in [6.45, 7) is 4.36. The molecule has 8 nitrogen and oxygen atoms in total. The first-order valence-corrected chi connectivity index (χ1v) is 10.7. The molecule has 2 aliphatic heterocycles. The third-order valence-corrected chi connectivity index (χ3v) is 6.72. The highest BCUT2D eigenvalue weighted by molar-refractivity contribution is 6.07. The number of rotatable bonds is 3. The lowest BCUT2D eigenvalue weighted by atomic mass is 9.73. The maximum Gasteiger partial charge on any atom is 0.275 e. The molecule has 3 N–H and O–H groups in total. The maximum atomic E-state index is 13.9. The fraction of sp³-hybridized carbons (Fsp3) is 0.391. The van der Waals surface area contributed by atoms with Gasteiger partial charge in [0, 0.05) is 36.1 Å². The number of carbonyl (C=O) groups excluding carboxylic acids is 1. The molecule has 0 unspecified atom stereocenters. The molecule has 0 aliphatic carbocycles. The molecule has 1 amide bonds. The molecule has 0 bridgehead atoms. The van der Waals surface area contributed by atoms with Gasteiger partial charge in [-0.2, -0.15) is 0 Å². The van der Waals surface area contributed by atoms with E-state index in [2.05, 4.69) is 25.2 Å². The number of pyridine rings is 1. The van der Waals surface area contributed by atoms with Crippen LogP contribution in [-0.2, 0) is 4.74 Å². The van der Waals surface area contributed by atoms with Crippen molar-refractivity contribution in [1.82, 2.24) is 15.0 Å². The minimum atomic E-state index is -0.470. The maximum absolute atomic E-state index is 13.9. The molecule has 2 aromatic heterocycles. The number of halogens is 1. The Kier molecular flexibility index (Phi) is 5.22. The van der Waals surface area contributed by atoms with Gasteiger partial charge in [-0.25, -0.2) is 14.4 Å². The molecule has 4 heterocycles. The number of anilines is 2. The van der Waals surface area contributed by atoms with E-state index in [-0.39, 0.29) is 23.3 Å². The highest BCUT2D eigenvalue weighted by Crippen LogP contribution is 2.41. The topological polar surface area (TPSA) is 106 Å². The molecule has 166 valence electrons. The molecule has 1 spiro atoms. The largest absolute Gasteiger partial charge is 0.376 e. The molecule has 2 aliphatic rings. The number of aromatic nitrogens is 3. The second-order valence-electron chi connectivity index (χ2n) is 8.63. The Morgan fingerprint density at radius 3 is 2.75 bits per heavy atom. The van der Waals surface area contributed by atoms with Crippen LogP contribution in [0.2, 0.25) is 0 Å². The van der Waals surface area contributed by atoms with Gasteiger partial charge in [-0.1, -0.05) is 6.07 Å². The summed E-state index contributed by atoms with van der Waals surface area (Å²) in [5, 5.41) is 3.30. The Morgan fingerprint density at radius 2 is 2.06 bits per heavy atom. The van der Waals surface area contributed by atoms with Crippen LogP contribution in [0.15, 0.2) is 42.9 Å². The minimum Gasteiger partial charge on any atom is -0.376 e. The monoisotopic (exact) mass is 436 g/mol. The molecule has 32 heavy (non-hydrogen) atoms. The number of piperidine rings is 1. The summed E-state index contributed by atoms with van der Waals surface area (Å²) in [6.07, 6.45) is 6.59. The van der Waals surface area contributed by atoms with Gasteiger partial charge in [0.05, 0.1) is 36.3 Å². The fourth-order valence-corrected chi connectivity index (χ4v) is 4.69. The van der Waals surface area contributed by atoms with Gasteiger partial charge < -0.3 is 20.7 Å². The highest BCUT2D eigenvalue weighted by Gasteiger charge is 2.47. The summed E-state index contributed by atoms with van der Waals surface area (Å²) in [5.74, 6) is -0.205. The average molecular weight is 436 g/mol. The van der Waals surface area contributed by atoms with Crippen molar-refractivity contribution in [2.45, 2.75) is 31.9 Å². The third-order valence-electron chi connectivity index (χ3n) is 6.72. The van der Waals surface area contributed by atoms with Crippen LogP contribution in [0, 0.1) is 11.2 Å². The van der Waals surface area contributed by atoms with E-state index in [1.165, 1.54) is 18.3 Å². The Labute approximate surface area is 185 Å². The van der Waals surface area contributed by atoms with Crippen molar-refractivity contribution in [2.24, 2.45) is 11.1 Å². The van der Waals surface area contributed by atoms with Crippen molar-refractivity contribution in [3.63, 3.8) is 0 Å². The summed E-state index contributed by atoms with van der Waals surface area (Å²) < 4.78 is 19.7. The standard InChI is InChI=1S/C23H25FN6O2/c1-14-21(25)23(13-32-14)4-7-30(8-5-23)19-12-27-18(11-28-19)22(31)29-17-10-16(24)9-15-3-2-6-26-20(15)17/h2-3,6,9-12,14,21H,4-5,7-8,13,25H2,1H3,(H,29,31)/t14-,21+/m0/s1. The van der Waals surface area contributed by atoms with Gasteiger partial charge in [-0.05, 0) is 38.0 Å². The molecule has 2 saturated heterocycles. The SMILES string of the molecule is C[C@@H]1OCC2(CCN(c3cnc(C(=O)Nc4cc(F)cc5cccnc45)cn3)CC2)[C@@H]1N. The second kappa shape index (κ2) is 8.07. The van der Waals surface area contributed by atoms with E-state index >= 15 is 0 Å². The van der Waals surface area contributed by atoms with Gasteiger partial charge in [-0.15, -0.1) is 0 Å². The van der Waals surface area contributed by atoms with E-state index in [1.54, 1.807) is 24.5 Å². The fourth-order valence-electron chi connectivity index (χ4n) is 4.69. The number of hydrogen-bond donors (Lipinski definition) is 2. The summed E-state index contributed by atoms with van der Waals surface area (Å²) in [5.41, 5.74) is 7.38. The van der Waals surface area contributed by atoms with Crippen molar-refractivity contribution < 1.29 is 13.9 Å². The van der Waals surface area contributed by atoms with E-state index in [4.69, 9.17) is 10.5 Å². The number of carbonyl (C=O) groups is 1. The van der Waals surface area contributed by atoms with Gasteiger partial charge in [-0.3, -0.25) is 9.78 Å². The summed E-state index contributed by atoms with van der Waals surface area (Å²) in [4.78, 5) is 27.8. The van der Waals surface area contributed by atoms with Crippen molar-refractivity contribution >= 4 is 28.3 Å². The zero-order valence-corrected chi connectivity index (χ0v) is 17.8. The third kappa shape index (κ3) is 3.67. The van der Waals surface area contributed by atoms with Crippen LogP contribution in [0.4, 0.5) is 15.9 Å². The predicted molar refractivity (Wildman–Crippen MR) is 119 cm³/mol. The molecule has 2 fully saturated rings. The van der Waals surface area contributed by atoms with Crippen molar-refractivity contribution in [2.75, 3.05) is 29.9 Å². The van der Waals surface area contributed by atoms with Gasteiger partial charge in [0.25, 0.3) is 5.91 Å². The number of nitrogens with one attached hydrogen (secondary N) is 1. The van der Waals surface area contributed by atoms with Crippen LogP contribution < -0.4 is 16.0 Å². The van der Waals surface area contributed by atoms with Gasteiger partial charge in [0.15, 0.2) is 0 Å². The summed E-state index contributed by atoms with van der Waals surface area (Å²) in [6, 6.07) is 6.13. The number of ether oxygens (including phenoxy) is 1. The van der Waals surface area contributed by atoms with Crippen LogP contribution in [0.1, 0.15) is 30.3 Å². The number of hydrogen-bond acceptors (Lipinski definition) is 7. The zero-order chi connectivity index (χ0) is 22.3. The first kappa shape index (κ1) is 20.7. The molecule has 3 aromatic rings. The number of benzene rings is 1. The zero-order valence-electron chi connectivity index (χ0n) is 17.8. The van der Waals surface area contributed by atoms with Gasteiger partial charge >= 0.3 is 0 Å². The molecule has 1 aromatic carbocycles.